The van der Waals surface area contributed by atoms with E-state index in [0.717, 1.165) is 16.0 Å². The van der Waals surface area contributed by atoms with Crippen LogP contribution in [0.15, 0.2) is 23.1 Å². The molecule has 0 saturated heterocycles. The molecule has 6 heteroatoms. The summed E-state index contributed by atoms with van der Waals surface area (Å²) in [6.07, 6.45) is -0.459. The van der Waals surface area contributed by atoms with E-state index < -0.39 is 6.09 Å². The molecular weight excluding hydrogens is 268 g/mol. The van der Waals surface area contributed by atoms with Gasteiger partial charge >= 0.3 is 6.09 Å². The number of rotatable bonds is 4. The molecule has 0 bridgehead atoms. The molecule has 0 fully saturated rings. The molecule has 18 heavy (non-hydrogen) atoms. The van der Waals surface area contributed by atoms with Crippen molar-refractivity contribution in [3.8, 4) is 0 Å². The lowest BCUT2D eigenvalue weighted by atomic mass is 10.3. The van der Waals surface area contributed by atoms with Gasteiger partial charge in [-0.05, 0) is 30.9 Å². The molecule has 0 aliphatic rings. The Morgan fingerprint density at radius 2 is 2.33 bits per heavy atom. The van der Waals surface area contributed by atoms with Crippen molar-refractivity contribution in [1.29, 1.82) is 0 Å². The summed E-state index contributed by atoms with van der Waals surface area (Å²) < 4.78 is 5.89. The zero-order chi connectivity index (χ0) is 13.0. The molecule has 1 amide bonds. The Hall–Kier alpha value is -1.27. The molecule has 1 aromatic carbocycles. The largest absolute Gasteiger partial charge is 0.450 e. The molecule has 1 aromatic heterocycles. The Bertz CT molecular complexity index is 554. The number of amides is 1. The second kappa shape index (κ2) is 6.06. The van der Waals surface area contributed by atoms with Gasteiger partial charge in [0.15, 0.2) is 5.13 Å². The van der Waals surface area contributed by atoms with Gasteiger partial charge in [-0.3, -0.25) is 5.32 Å². The summed E-state index contributed by atoms with van der Waals surface area (Å²) in [5, 5.41) is 3.19. The van der Waals surface area contributed by atoms with E-state index in [0.29, 0.717) is 11.7 Å². The SMILES string of the molecule is CCOC(=O)Nc1nc2ccc(SCC)cc2s1. The zero-order valence-electron chi connectivity index (χ0n) is 10.2. The van der Waals surface area contributed by atoms with Crippen LogP contribution in [0, 0.1) is 0 Å². The Morgan fingerprint density at radius 1 is 1.50 bits per heavy atom. The summed E-state index contributed by atoms with van der Waals surface area (Å²) in [4.78, 5) is 16.8. The number of fused-ring (bicyclic) bond motifs is 1. The smallest absolute Gasteiger partial charge is 0.413 e. The lowest BCUT2D eigenvalue weighted by Crippen LogP contribution is -2.12. The van der Waals surface area contributed by atoms with Crippen LogP contribution >= 0.6 is 23.1 Å². The molecule has 0 aliphatic heterocycles. The highest BCUT2D eigenvalue weighted by molar-refractivity contribution is 7.99. The fraction of sp³-hybridized carbons (Fsp3) is 0.333. The van der Waals surface area contributed by atoms with Crippen LogP contribution in [0.1, 0.15) is 13.8 Å². The van der Waals surface area contributed by atoms with Crippen LogP contribution in [0.5, 0.6) is 0 Å². The second-order valence-electron chi connectivity index (χ2n) is 3.43. The van der Waals surface area contributed by atoms with Gasteiger partial charge in [0.05, 0.1) is 16.8 Å². The Kier molecular flexibility index (Phi) is 4.43. The van der Waals surface area contributed by atoms with Gasteiger partial charge in [0, 0.05) is 4.90 Å². The molecule has 0 unspecified atom stereocenters. The van der Waals surface area contributed by atoms with Gasteiger partial charge in [0.25, 0.3) is 0 Å². The number of anilines is 1. The normalized spacial score (nSPS) is 10.6. The van der Waals surface area contributed by atoms with Crippen molar-refractivity contribution >= 4 is 44.5 Å². The van der Waals surface area contributed by atoms with Crippen molar-refractivity contribution in [1.82, 2.24) is 4.98 Å². The van der Waals surface area contributed by atoms with Gasteiger partial charge in [-0.1, -0.05) is 18.3 Å². The van der Waals surface area contributed by atoms with E-state index in [1.807, 2.05) is 12.1 Å². The molecule has 2 aromatic rings. The number of hydrogen-bond donors (Lipinski definition) is 1. The number of hydrogen-bond acceptors (Lipinski definition) is 5. The van der Waals surface area contributed by atoms with E-state index in [1.165, 1.54) is 16.2 Å². The molecule has 2 rings (SSSR count). The van der Waals surface area contributed by atoms with E-state index in [-0.39, 0.29) is 0 Å². The van der Waals surface area contributed by atoms with Crippen molar-refractivity contribution in [3.63, 3.8) is 0 Å². The van der Waals surface area contributed by atoms with Crippen molar-refractivity contribution in [2.75, 3.05) is 17.7 Å². The molecule has 0 aliphatic carbocycles. The maximum Gasteiger partial charge on any atom is 0.413 e. The number of ether oxygens (including phenoxy) is 1. The highest BCUT2D eigenvalue weighted by Crippen LogP contribution is 2.30. The Balaban J connectivity index is 2.19. The minimum Gasteiger partial charge on any atom is -0.450 e. The fourth-order valence-corrected chi connectivity index (χ4v) is 3.13. The maximum atomic E-state index is 11.3. The zero-order valence-corrected chi connectivity index (χ0v) is 11.9. The van der Waals surface area contributed by atoms with Gasteiger partial charge < -0.3 is 4.74 Å². The van der Waals surface area contributed by atoms with Crippen molar-refractivity contribution in [2.24, 2.45) is 0 Å². The van der Waals surface area contributed by atoms with Crippen LogP contribution in [0.2, 0.25) is 0 Å². The van der Waals surface area contributed by atoms with Gasteiger partial charge in [0.2, 0.25) is 0 Å². The third kappa shape index (κ3) is 3.14. The predicted octanol–water partition coefficient (Wildman–Crippen LogP) is 3.98. The van der Waals surface area contributed by atoms with E-state index in [1.54, 1.807) is 18.7 Å². The Labute approximate surface area is 114 Å². The monoisotopic (exact) mass is 282 g/mol. The molecule has 1 N–H and O–H groups in total. The fourth-order valence-electron chi connectivity index (χ4n) is 1.47. The van der Waals surface area contributed by atoms with E-state index in [9.17, 15) is 4.79 Å². The van der Waals surface area contributed by atoms with Gasteiger partial charge in [-0.15, -0.1) is 11.8 Å². The first kappa shape index (κ1) is 13.2. The number of aromatic nitrogens is 1. The first-order chi connectivity index (χ1) is 8.72. The Morgan fingerprint density at radius 3 is 3.06 bits per heavy atom. The van der Waals surface area contributed by atoms with Gasteiger partial charge in [-0.25, -0.2) is 9.78 Å². The van der Waals surface area contributed by atoms with Crippen LogP contribution in [0.3, 0.4) is 0 Å². The van der Waals surface area contributed by atoms with Crippen molar-refractivity contribution < 1.29 is 9.53 Å². The molecular formula is C12H14N2O2S2. The van der Waals surface area contributed by atoms with E-state index in [2.05, 4.69) is 23.3 Å². The lowest BCUT2D eigenvalue weighted by molar-refractivity contribution is 0.168. The summed E-state index contributed by atoms with van der Waals surface area (Å²) in [5.74, 6) is 1.04. The average molecular weight is 282 g/mol. The van der Waals surface area contributed by atoms with Crippen LogP contribution in [0.25, 0.3) is 10.2 Å². The van der Waals surface area contributed by atoms with E-state index in [4.69, 9.17) is 4.74 Å². The van der Waals surface area contributed by atoms with E-state index >= 15 is 0 Å². The van der Waals surface area contributed by atoms with Crippen LogP contribution in [-0.4, -0.2) is 23.4 Å². The molecule has 4 nitrogen and oxygen atoms in total. The van der Waals surface area contributed by atoms with Crippen molar-refractivity contribution in [2.45, 2.75) is 18.7 Å². The summed E-state index contributed by atoms with van der Waals surface area (Å²) in [6, 6.07) is 6.11. The minimum absolute atomic E-state index is 0.355. The summed E-state index contributed by atoms with van der Waals surface area (Å²) in [7, 11) is 0. The molecule has 96 valence electrons. The van der Waals surface area contributed by atoms with Crippen LogP contribution in [-0.2, 0) is 4.74 Å². The minimum atomic E-state index is -0.459. The molecule has 0 spiro atoms. The number of carbonyl (C=O) groups excluding carboxylic acids is 1. The first-order valence-corrected chi connectivity index (χ1v) is 7.50. The standard InChI is InChI=1S/C12H14N2O2S2/c1-3-16-12(15)14-11-13-9-6-5-8(17-4-2)7-10(9)18-11/h5-7H,3-4H2,1-2H3,(H,13,14,15). The lowest BCUT2D eigenvalue weighted by Gasteiger charge is -1.99. The topological polar surface area (TPSA) is 51.2 Å². The summed E-state index contributed by atoms with van der Waals surface area (Å²) in [5.41, 5.74) is 0.896. The third-order valence-corrected chi connectivity index (χ3v) is 3.96. The molecule has 0 atom stereocenters. The van der Waals surface area contributed by atoms with Gasteiger partial charge in [0.1, 0.15) is 0 Å². The summed E-state index contributed by atoms with van der Waals surface area (Å²) in [6.45, 7) is 4.25. The summed E-state index contributed by atoms with van der Waals surface area (Å²) >= 11 is 3.24. The molecule has 0 saturated carbocycles. The average Bonchev–Trinajstić information content (AvgIpc) is 2.71. The van der Waals surface area contributed by atoms with Crippen LogP contribution in [0.4, 0.5) is 9.93 Å². The number of thioether (sulfide) groups is 1. The maximum absolute atomic E-state index is 11.3. The molecule has 0 radical (unpaired) electrons. The number of carbonyl (C=O) groups is 1. The first-order valence-electron chi connectivity index (χ1n) is 5.70. The van der Waals surface area contributed by atoms with Crippen LogP contribution < -0.4 is 5.32 Å². The second-order valence-corrected chi connectivity index (χ2v) is 5.80. The third-order valence-electron chi connectivity index (χ3n) is 2.16. The molecule has 1 heterocycles. The number of benzene rings is 1. The highest BCUT2D eigenvalue weighted by Gasteiger charge is 2.08. The highest BCUT2D eigenvalue weighted by atomic mass is 32.2. The number of nitrogens with one attached hydrogen (secondary N) is 1. The number of thiazole rings is 1. The van der Waals surface area contributed by atoms with Gasteiger partial charge in [-0.2, -0.15) is 0 Å². The quantitative estimate of drug-likeness (QED) is 0.862. The predicted molar refractivity (Wildman–Crippen MR) is 76.7 cm³/mol. The van der Waals surface area contributed by atoms with Crippen molar-refractivity contribution in [3.05, 3.63) is 18.2 Å². The number of nitrogens with zero attached hydrogens (tertiary/aromatic N) is 1.